The van der Waals surface area contributed by atoms with E-state index in [1.807, 2.05) is 31.2 Å². The third kappa shape index (κ3) is 3.87. The summed E-state index contributed by atoms with van der Waals surface area (Å²) in [5, 5.41) is 0. The zero-order valence-electron chi connectivity index (χ0n) is 15.3. The maximum Gasteiger partial charge on any atom is 0.340 e. The lowest BCUT2D eigenvalue weighted by Gasteiger charge is -2.18. The van der Waals surface area contributed by atoms with Crippen LogP contribution in [0, 0.1) is 20.8 Å². The molecule has 0 saturated heterocycles. The van der Waals surface area contributed by atoms with Gasteiger partial charge in [-0.15, -0.1) is 0 Å². The number of hydrogen-bond donors (Lipinski definition) is 0. The van der Waals surface area contributed by atoms with Crippen molar-refractivity contribution in [3.63, 3.8) is 0 Å². The van der Waals surface area contributed by atoms with E-state index >= 15 is 0 Å². The van der Waals surface area contributed by atoms with Crippen molar-refractivity contribution in [2.45, 2.75) is 34.6 Å². The van der Waals surface area contributed by atoms with E-state index in [1.54, 1.807) is 27.7 Å². The van der Waals surface area contributed by atoms with Gasteiger partial charge in [-0.05, 0) is 40.2 Å². The summed E-state index contributed by atoms with van der Waals surface area (Å²) in [6.45, 7) is 9.42. The number of aromatic nitrogens is 1. The van der Waals surface area contributed by atoms with Crippen molar-refractivity contribution in [3.8, 4) is 11.1 Å². The molecule has 0 amide bonds. The molecule has 2 aromatic rings. The Morgan fingerprint density at radius 3 is 1.88 bits per heavy atom. The van der Waals surface area contributed by atoms with Gasteiger partial charge in [0.15, 0.2) is 0 Å². The number of esters is 2. The lowest BCUT2D eigenvalue weighted by Crippen LogP contribution is -2.17. The number of pyridine rings is 1. The summed E-state index contributed by atoms with van der Waals surface area (Å²) < 4.78 is 10.4. The molecule has 0 radical (unpaired) electrons. The first kappa shape index (κ1) is 18.6. The van der Waals surface area contributed by atoms with Crippen LogP contribution in [0.15, 0.2) is 24.3 Å². The Hall–Kier alpha value is -2.69. The number of rotatable bonds is 5. The molecule has 1 heterocycles. The van der Waals surface area contributed by atoms with Crippen LogP contribution in [0.1, 0.15) is 51.5 Å². The average molecular weight is 341 g/mol. The van der Waals surface area contributed by atoms with Crippen molar-refractivity contribution in [2.75, 3.05) is 13.2 Å². The molecule has 0 aliphatic carbocycles. The topological polar surface area (TPSA) is 65.5 Å². The van der Waals surface area contributed by atoms with Gasteiger partial charge in [0.05, 0.1) is 35.7 Å². The third-order valence-electron chi connectivity index (χ3n) is 3.82. The molecule has 25 heavy (non-hydrogen) atoms. The zero-order chi connectivity index (χ0) is 18.6. The van der Waals surface area contributed by atoms with E-state index in [-0.39, 0.29) is 13.2 Å². The molecule has 0 bridgehead atoms. The first-order valence-corrected chi connectivity index (χ1v) is 8.33. The minimum atomic E-state index is -0.491. The van der Waals surface area contributed by atoms with E-state index < -0.39 is 11.9 Å². The summed E-state index contributed by atoms with van der Waals surface area (Å²) in [7, 11) is 0. The minimum absolute atomic E-state index is 0.244. The standard InChI is InChI=1S/C20H23NO4/c1-6-24-19(22)16-13(4)21-14(5)17(20(23)25-7-2)18(16)15-10-8-9-12(3)11-15/h8-11H,6-7H2,1-5H3. The maximum atomic E-state index is 12.6. The van der Waals surface area contributed by atoms with Gasteiger partial charge in [-0.1, -0.05) is 29.8 Å². The van der Waals surface area contributed by atoms with E-state index in [0.717, 1.165) is 11.1 Å². The van der Waals surface area contributed by atoms with Gasteiger partial charge in [-0.2, -0.15) is 0 Å². The number of carbonyl (C=O) groups is 2. The van der Waals surface area contributed by atoms with Gasteiger partial charge in [-0.3, -0.25) is 4.98 Å². The molecule has 1 aromatic carbocycles. The summed E-state index contributed by atoms with van der Waals surface area (Å²) in [6, 6.07) is 7.64. The fourth-order valence-corrected chi connectivity index (χ4v) is 2.85. The highest BCUT2D eigenvalue weighted by atomic mass is 16.5. The fourth-order valence-electron chi connectivity index (χ4n) is 2.85. The molecule has 0 aliphatic heterocycles. The molecule has 0 fully saturated rings. The summed E-state index contributed by atoms with van der Waals surface area (Å²) in [5.74, 6) is -0.982. The highest BCUT2D eigenvalue weighted by Gasteiger charge is 2.27. The smallest absolute Gasteiger partial charge is 0.340 e. The Bertz CT molecular complexity index is 769. The van der Waals surface area contributed by atoms with Crippen molar-refractivity contribution in [2.24, 2.45) is 0 Å². The molecule has 0 spiro atoms. The molecule has 0 unspecified atom stereocenters. The Morgan fingerprint density at radius 2 is 1.44 bits per heavy atom. The number of ether oxygens (including phenoxy) is 2. The Kier molecular flexibility index (Phi) is 5.91. The largest absolute Gasteiger partial charge is 0.462 e. The van der Waals surface area contributed by atoms with Crippen LogP contribution in [0.25, 0.3) is 11.1 Å². The highest BCUT2D eigenvalue weighted by molar-refractivity contribution is 6.07. The molecular formula is C20H23NO4. The first-order chi connectivity index (χ1) is 11.9. The second-order valence-electron chi connectivity index (χ2n) is 5.72. The van der Waals surface area contributed by atoms with Crippen LogP contribution in [0.5, 0.6) is 0 Å². The van der Waals surface area contributed by atoms with Crippen LogP contribution < -0.4 is 0 Å². The SMILES string of the molecule is CCOC(=O)c1c(C)nc(C)c(C(=O)OCC)c1-c1cccc(C)c1. The quantitative estimate of drug-likeness (QED) is 0.768. The molecule has 0 atom stereocenters. The van der Waals surface area contributed by atoms with E-state index in [4.69, 9.17) is 9.47 Å². The van der Waals surface area contributed by atoms with Crippen molar-refractivity contribution in [3.05, 3.63) is 52.3 Å². The predicted octanol–water partition coefficient (Wildman–Crippen LogP) is 4.03. The molecule has 0 saturated carbocycles. The van der Waals surface area contributed by atoms with Gasteiger partial charge in [0.2, 0.25) is 0 Å². The van der Waals surface area contributed by atoms with E-state index in [0.29, 0.717) is 28.1 Å². The molecule has 2 rings (SSSR count). The fraction of sp³-hybridized carbons (Fsp3) is 0.350. The number of hydrogen-bond acceptors (Lipinski definition) is 5. The number of nitrogens with zero attached hydrogens (tertiary/aromatic N) is 1. The Morgan fingerprint density at radius 1 is 0.920 bits per heavy atom. The van der Waals surface area contributed by atoms with Crippen LogP contribution in [0.2, 0.25) is 0 Å². The second-order valence-corrected chi connectivity index (χ2v) is 5.72. The van der Waals surface area contributed by atoms with Crippen LogP contribution in [0.4, 0.5) is 0 Å². The molecule has 132 valence electrons. The van der Waals surface area contributed by atoms with E-state index in [9.17, 15) is 9.59 Å². The van der Waals surface area contributed by atoms with Crippen molar-refractivity contribution >= 4 is 11.9 Å². The van der Waals surface area contributed by atoms with Crippen LogP contribution in [0.3, 0.4) is 0 Å². The predicted molar refractivity (Wildman–Crippen MR) is 95.8 cm³/mol. The molecule has 0 aliphatic rings. The van der Waals surface area contributed by atoms with Crippen molar-refractivity contribution in [1.29, 1.82) is 0 Å². The highest BCUT2D eigenvalue weighted by Crippen LogP contribution is 2.33. The van der Waals surface area contributed by atoms with Crippen molar-refractivity contribution in [1.82, 2.24) is 4.98 Å². The molecule has 5 nitrogen and oxygen atoms in total. The van der Waals surface area contributed by atoms with Gasteiger partial charge in [-0.25, -0.2) is 9.59 Å². The zero-order valence-corrected chi connectivity index (χ0v) is 15.3. The van der Waals surface area contributed by atoms with Gasteiger partial charge in [0.1, 0.15) is 0 Å². The Balaban J connectivity index is 2.85. The van der Waals surface area contributed by atoms with Gasteiger partial charge in [0, 0.05) is 5.56 Å². The second kappa shape index (κ2) is 7.92. The maximum absolute atomic E-state index is 12.6. The summed E-state index contributed by atoms with van der Waals surface area (Å²) >= 11 is 0. The van der Waals surface area contributed by atoms with Crippen molar-refractivity contribution < 1.29 is 19.1 Å². The Labute approximate surface area is 148 Å². The third-order valence-corrected chi connectivity index (χ3v) is 3.82. The monoisotopic (exact) mass is 341 g/mol. The lowest BCUT2D eigenvalue weighted by atomic mass is 9.91. The van der Waals surface area contributed by atoms with Gasteiger partial charge >= 0.3 is 11.9 Å². The number of aryl methyl sites for hydroxylation is 3. The van der Waals surface area contributed by atoms with Crippen LogP contribution in [-0.2, 0) is 9.47 Å². The molecular weight excluding hydrogens is 318 g/mol. The van der Waals surface area contributed by atoms with Crippen LogP contribution >= 0.6 is 0 Å². The molecule has 1 aromatic heterocycles. The van der Waals surface area contributed by atoms with Crippen LogP contribution in [-0.4, -0.2) is 30.1 Å². The van der Waals surface area contributed by atoms with E-state index in [2.05, 4.69) is 4.98 Å². The normalized spacial score (nSPS) is 10.4. The van der Waals surface area contributed by atoms with E-state index in [1.165, 1.54) is 0 Å². The molecule has 5 heteroatoms. The summed E-state index contributed by atoms with van der Waals surface area (Å²) in [5.41, 5.74) is 3.97. The minimum Gasteiger partial charge on any atom is -0.462 e. The summed E-state index contributed by atoms with van der Waals surface area (Å²) in [6.07, 6.45) is 0. The van der Waals surface area contributed by atoms with Gasteiger partial charge < -0.3 is 9.47 Å². The van der Waals surface area contributed by atoms with Gasteiger partial charge in [0.25, 0.3) is 0 Å². The summed E-state index contributed by atoms with van der Waals surface area (Å²) in [4.78, 5) is 29.5. The number of benzene rings is 1. The first-order valence-electron chi connectivity index (χ1n) is 8.33. The lowest BCUT2D eigenvalue weighted by molar-refractivity contribution is 0.0525. The number of carbonyl (C=O) groups excluding carboxylic acids is 2. The molecule has 0 N–H and O–H groups in total. The average Bonchev–Trinajstić information content (AvgIpc) is 2.54.